The van der Waals surface area contributed by atoms with Gasteiger partial charge in [-0.2, -0.15) is 0 Å². The predicted octanol–water partition coefficient (Wildman–Crippen LogP) is 1.46. The third-order valence-corrected chi connectivity index (χ3v) is 3.99. The number of ether oxygens (including phenoxy) is 2. The van der Waals surface area contributed by atoms with Gasteiger partial charge in [0.2, 0.25) is 5.91 Å². The minimum Gasteiger partial charge on any atom is -0.493 e. The highest BCUT2D eigenvalue weighted by Crippen LogP contribution is 2.27. The molecule has 0 aromatic heterocycles. The van der Waals surface area contributed by atoms with Crippen molar-refractivity contribution in [3.8, 4) is 11.5 Å². The summed E-state index contributed by atoms with van der Waals surface area (Å²) < 4.78 is 10.5. The molecule has 24 heavy (non-hydrogen) atoms. The van der Waals surface area contributed by atoms with E-state index in [1.807, 2.05) is 25.1 Å². The lowest BCUT2D eigenvalue weighted by Gasteiger charge is -2.31. The molecule has 0 aliphatic carbocycles. The zero-order valence-corrected chi connectivity index (χ0v) is 16.0. The Bertz CT molecular complexity index is 511. The molecule has 2 rings (SSSR count). The van der Waals surface area contributed by atoms with Crippen molar-refractivity contribution in [3.05, 3.63) is 23.8 Å². The Kier molecular flexibility index (Phi) is 10.8. The van der Waals surface area contributed by atoms with E-state index in [9.17, 15) is 4.79 Å². The normalized spacial score (nSPS) is 15.5. The highest BCUT2D eigenvalue weighted by atomic mass is 35.5. The topological polar surface area (TPSA) is 62.8 Å². The van der Waals surface area contributed by atoms with Crippen LogP contribution in [0.2, 0.25) is 0 Å². The van der Waals surface area contributed by atoms with Crippen molar-refractivity contribution < 1.29 is 14.3 Å². The van der Waals surface area contributed by atoms with Crippen LogP contribution < -0.4 is 20.1 Å². The number of carbonyl (C=O) groups is 1. The molecule has 0 spiro atoms. The molecule has 2 N–H and O–H groups in total. The number of benzene rings is 1. The summed E-state index contributed by atoms with van der Waals surface area (Å²) in [4.78, 5) is 14.5. The van der Waals surface area contributed by atoms with E-state index in [0.29, 0.717) is 18.0 Å². The summed E-state index contributed by atoms with van der Waals surface area (Å²) in [6, 6.07) is 5.55. The van der Waals surface area contributed by atoms with E-state index in [4.69, 9.17) is 9.47 Å². The smallest absolute Gasteiger partial charge is 0.237 e. The van der Waals surface area contributed by atoms with Crippen LogP contribution in [0.3, 0.4) is 0 Å². The largest absolute Gasteiger partial charge is 0.493 e. The van der Waals surface area contributed by atoms with Gasteiger partial charge in [-0.05, 0) is 24.6 Å². The summed E-state index contributed by atoms with van der Waals surface area (Å²) in [5.41, 5.74) is 0.985. The van der Waals surface area contributed by atoms with Crippen LogP contribution in [0.25, 0.3) is 0 Å². The molecule has 6 nitrogen and oxygen atoms in total. The second kappa shape index (κ2) is 11.4. The van der Waals surface area contributed by atoms with Gasteiger partial charge in [-0.3, -0.25) is 9.69 Å². The lowest BCUT2D eigenvalue weighted by Crippen LogP contribution is -2.52. The van der Waals surface area contributed by atoms with Gasteiger partial charge in [-0.25, -0.2) is 0 Å². The van der Waals surface area contributed by atoms with Gasteiger partial charge in [0.25, 0.3) is 0 Å². The van der Waals surface area contributed by atoms with E-state index in [-0.39, 0.29) is 36.8 Å². The molecule has 1 heterocycles. The number of methoxy groups -OCH3 is 2. The summed E-state index contributed by atoms with van der Waals surface area (Å²) in [6.07, 6.45) is 0. The molecule has 1 aliphatic heterocycles. The predicted molar refractivity (Wildman–Crippen MR) is 99.8 cm³/mol. The molecule has 0 radical (unpaired) electrons. The number of amides is 1. The Morgan fingerprint density at radius 1 is 1.21 bits per heavy atom. The molecule has 0 bridgehead atoms. The SMILES string of the molecule is COc1ccc(CNC(=O)C(C)N2CCNCC2)cc1OC.Cl.Cl. The first-order valence-corrected chi connectivity index (χ1v) is 7.59. The van der Waals surface area contributed by atoms with Crippen LogP contribution in [-0.4, -0.2) is 57.2 Å². The second-order valence-corrected chi connectivity index (χ2v) is 5.37. The fourth-order valence-corrected chi connectivity index (χ4v) is 2.56. The van der Waals surface area contributed by atoms with Crippen molar-refractivity contribution in [2.24, 2.45) is 0 Å². The van der Waals surface area contributed by atoms with Crippen LogP contribution >= 0.6 is 24.8 Å². The van der Waals surface area contributed by atoms with Gasteiger partial charge < -0.3 is 20.1 Å². The van der Waals surface area contributed by atoms with E-state index in [1.54, 1.807) is 14.2 Å². The Morgan fingerprint density at radius 3 is 2.42 bits per heavy atom. The van der Waals surface area contributed by atoms with Crippen LogP contribution in [-0.2, 0) is 11.3 Å². The van der Waals surface area contributed by atoms with E-state index in [2.05, 4.69) is 15.5 Å². The first-order valence-electron chi connectivity index (χ1n) is 7.59. The van der Waals surface area contributed by atoms with E-state index >= 15 is 0 Å². The van der Waals surface area contributed by atoms with Crippen LogP contribution in [0.1, 0.15) is 12.5 Å². The maximum Gasteiger partial charge on any atom is 0.237 e. The van der Waals surface area contributed by atoms with Crippen molar-refractivity contribution in [1.29, 1.82) is 0 Å². The van der Waals surface area contributed by atoms with Crippen LogP contribution in [0.5, 0.6) is 11.5 Å². The summed E-state index contributed by atoms with van der Waals surface area (Å²) >= 11 is 0. The molecule has 1 aliphatic rings. The second-order valence-electron chi connectivity index (χ2n) is 5.37. The molecule has 1 saturated heterocycles. The molecule has 8 heteroatoms. The van der Waals surface area contributed by atoms with Gasteiger partial charge >= 0.3 is 0 Å². The average molecular weight is 380 g/mol. The highest BCUT2D eigenvalue weighted by molar-refractivity contribution is 5.85. The van der Waals surface area contributed by atoms with Crippen LogP contribution in [0, 0.1) is 0 Å². The van der Waals surface area contributed by atoms with Crippen molar-refractivity contribution in [2.75, 3.05) is 40.4 Å². The summed E-state index contributed by atoms with van der Waals surface area (Å²) in [7, 11) is 3.21. The quantitative estimate of drug-likeness (QED) is 0.783. The van der Waals surface area contributed by atoms with Gasteiger partial charge in [0, 0.05) is 32.7 Å². The monoisotopic (exact) mass is 379 g/mol. The summed E-state index contributed by atoms with van der Waals surface area (Å²) in [5.74, 6) is 1.41. The maximum absolute atomic E-state index is 12.3. The summed E-state index contributed by atoms with van der Waals surface area (Å²) in [6.45, 7) is 6.13. The third-order valence-electron chi connectivity index (χ3n) is 3.99. The maximum atomic E-state index is 12.3. The minimum atomic E-state index is -0.109. The van der Waals surface area contributed by atoms with Gasteiger partial charge in [-0.1, -0.05) is 6.07 Å². The molecule has 1 aromatic rings. The van der Waals surface area contributed by atoms with Crippen molar-refractivity contribution >= 4 is 30.7 Å². The number of hydrogen-bond acceptors (Lipinski definition) is 5. The van der Waals surface area contributed by atoms with Crippen molar-refractivity contribution in [1.82, 2.24) is 15.5 Å². The molecule has 1 atom stereocenters. The Labute approximate surface area is 156 Å². The summed E-state index contributed by atoms with van der Waals surface area (Å²) in [5, 5.41) is 6.28. The average Bonchev–Trinajstić information content (AvgIpc) is 2.59. The molecule has 1 aromatic carbocycles. The van der Waals surface area contributed by atoms with E-state index in [1.165, 1.54) is 0 Å². The molecule has 138 valence electrons. The number of carbonyl (C=O) groups excluding carboxylic acids is 1. The van der Waals surface area contributed by atoms with E-state index < -0.39 is 0 Å². The zero-order valence-electron chi connectivity index (χ0n) is 14.3. The molecular weight excluding hydrogens is 353 g/mol. The van der Waals surface area contributed by atoms with Crippen molar-refractivity contribution in [3.63, 3.8) is 0 Å². The first kappa shape index (κ1) is 22.8. The van der Waals surface area contributed by atoms with Crippen molar-refractivity contribution in [2.45, 2.75) is 19.5 Å². The number of halogens is 2. The molecular formula is C16H27Cl2N3O3. The Morgan fingerprint density at radius 2 is 1.83 bits per heavy atom. The third kappa shape index (κ3) is 6.02. The highest BCUT2D eigenvalue weighted by Gasteiger charge is 2.22. The number of hydrogen-bond donors (Lipinski definition) is 2. The lowest BCUT2D eigenvalue weighted by molar-refractivity contribution is -0.126. The lowest BCUT2D eigenvalue weighted by atomic mass is 10.2. The minimum absolute atomic E-state index is 0. The number of rotatable bonds is 6. The van der Waals surface area contributed by atoms with Gasteiger partial charge in [0.15, 0.2) is 11.5 Å². The van der Waals surface area contributed by atoms with Crippen LogP contribution in [0.15, 0.2) is 18.2 Å². The number of piperazine rings is 1. The van der Waals surface area contributed by atoms with Gasteiger partial charge in [0.05, 0.1) is 20.3 Å². The van der Waals surface area contributed by atoms with Crippen LogP contribution in [0.4, 0.5) is 0 Å². The van der Waals surface area contributed by atoms with Gasteiger partial charge in [0.1, 0.15) is 0 Å². The Hall–Kier alpha value is -1.21. The molecule has 1 fully saturated rings. The number of nitrogens with zero attached hydrogens (tertiary/aromatic N) is 1. The van der Waals surface area contributed by atoms with E-state index in [0.717, 1.165) is 31.7 Å². The number of nitrogens with one attached hydrogen (secondary N) is 2. The molecule has 1 unspecified atom stereocenters. The fourth-order valence-electron chi connectivity index (χ4n) is 2.56. The van der Waals surface area contributed by atoms with Gasteiger partial charge in [-0.15, -0.1) is 24.8 Å². The molecule has 1 amide bonds. The zero-order chi connectivity index (χ0) is 15.9. The first-order chi connectivity index (χ1) is 10.7. The fraction of sp³-hybridized carbons (Fsp3) is 0.562. The Balaban J connectivity index is 0.00000264. The molecule has 0 saturated carbocycles. The standard InChI is InChI=1S/C16H25N3O3.2ClH/c1-12(19-8-6-17-7-9-19)16(20)18-11-13-4-5-14(21-2)15(10-13)22-3;;/h4-5,10,12,17H,6-9,11H2,1-3H3,(H,18,20);2*1H.